The van der Waals surface area contributed by atoms with Crippen LogP contribution in [0.15, 0.2) is 0 Å². The van der Waals surface area contributed by atoms with Crippen molar-refractivity contribution < 1.29 is 9.53 Å². The highest BCUT2D eigenvalue weighted by molar-refractivity contribution is 5.77. The lowest BCUT2D eigenvalue weighted by molar-refractivity contribution is -0.150. The van der Waals surface area contributed by atoms with Crippen LogP contribution in [0.2, 0.25) is 0 Å². The number of carbonyl (C=O) groups excluding carboxylic acids is 1. The summed E-state index contributed by atoms with van der Waals surface area (Å²) in [5.41, 5.74) is 6.63. The van der Waals surface area contributed by atoms with Crippen LogP contribution in [0.4, 0.5) is 0 Å². The summed E-state index contributed by atoms with van der Waals surface area (Å²) in [7, 11) is 0. The van der Waals surface area contributed by atoms with Crippen molar-refractivity contribution in [2.45, 2.75) is 58.7 Å². The molecule has 0 bridgehead atoms. The van der Waals surface area contributed by atoms with Gasteiger partial charge in [0.05, 0.1) is 6.10 Å². The lowest BCUT2D eigenvalue weighted by Crippen LogP contribution is -2.42. The van der Waals surface area contributed by atoms with E-state index in [9.17, 15) is 4.79 Å². The molecule has 2 aliphatic rings. The zero-order valence-electron chi connectivity index (χ0n) is 10.5. The SMILES string of the molecule is CC(C)OC(=O)C1NNC2C1CCC2(C)C. The number of fused-ring (bicyclic) bond motifs is 1. The van der Waals surface area contributed by atoms with E-state index in [0.717, 1.165) is 6.42 Å². The van der Waals surface area contributed by atoms with Crippen LogP contribution in [0.5, 0.6) is 0 Å². The molecule has 3 unspecified atom stereocenters. The van der Waals surface area contributed by atoms with E-state index in [1.807, 2.05) is 13.8 Å². The van der Waals surface area contributed by atoms with E-state index in [0.29, 0.717) is 12.0 Å². The van der Waals surface area contributed by atoms with Crippen molar-refractivity contribution in [1.82, 2.24) is 10.9 Å². The summed E-state index contributed by atoms with van der Waals surface area (Å²) in [6, 6.07) is 0.214. The van der Waals surface area contributed by atoms with E-state index in [4.69, 9.17) is 4.74 Å². The summed E-state index contributed by atoms with van der Waals surface area (Å²) < 4.78 is 5.27. The van der Waals surface area contributed by atoms with Crippen LogP contribution < -0.4 is 10.9 Å². The highest BCUT2D eigenvalue weighted by Gasteiger charge is 2.51. The summed E-state index contributed by atoms with van der Waals surface area (Å²) in [6.07, 6.45) is 2.22. The number of carbonyl (C=O) groups is 1. The molecule has 0 amide bonds. The Hall–Kier alpha value is -0.610. The van der Waals surface area contributed by atoms with Gasteiger partial charge in [0.2, 0.25) is 0 Å². The number of hydrogen-bond donors (Lipinski definition) is 2. The van der Waals surface area contributed by atoms with Crippen molar-refractivity contribution in [1.29, 1.82) is 0 Å². The predicted molar refractivity (Wildman–Crippen MR) is 61.6 cm³/mol. The average Bonchev–Trinajstić information content (AvgIpc) is 2.67. The summed E-state index contributed by atoms with van der Waals surface area (Å²) in [6.45, 7) is 8.28. The molecular weight excluding hydrogens is 204 g/mol. The molecule has 4 nitrogen and oxygen atoms in total. The molecule has 1 saturated heterocycles. The van der Waals surface area contributed by atoms with Gasteiger partial charge in [-0.25, -0.2) is 5.43 Å². The molecule has 16 heavy (non-hydrogen) atoms. The van der Waals surface area contributed by atoms with Crippen LogP contribution in [0.3, 0.4) is 0 Å². The molecule has 2 rings (SSSR count). The largest absolute Gasteiger partial charge is 0.462 e. The molecule has 0 radical (unpaired) electrons. The third-order valence-electron chi connectivity index (χ3n) is 3.82. The molecular formula is C12H22N2O2. The van der Waals surface area contributed by atoms with E-state index in [1.54, 1.807) is 0 Å². The molecule has 1 aliphatic carbocycles. The highest BCUT2D eigenvalue weighted by Crippen LogP contribution is 2.44. The predicted octanol–water partition coefficient (Wildman–Crippen LogP) is 1.22. The number of hydrogen-bond acceptors (Lipinski definition) is 4. The smallest absolute Gasteiger partial charge is 0.325 e. The summed E-state index contributed by atoms with van der Waals surface area (Å²) >= 11 is 0. The number of ether oxygens (including phenoxy) is 1. The number of nitrogens with one attached hydrogen (secondary N) is 2. The Morgan fingerprint density at radius 1 is 1.38 bits per heavy atom. The molecule has 0 aromatic heterocycles. The van der Waals surface area contributed by atoms with Crippen LogP contribution in [-0.4, -0.2) is 24.2 Å². The molecule has 4 heteroatoms. The first-order valence-corrected chi connectivity index (χ1v) is 6.13. The van der Waals surface area contributed by atoms with Gasteiger partial charge in [0.15, 0.2) is 0 Å². The van der Waals surface area contributed by atoms with E-state index >= 15 is 0 Å². The third kappa shape index (κ3) is 1.96. The summed E-state index contributed by atoms with van der Waals surface area (Å²) in [4.78, 5) is 11.9. The van der Waals surface area contributed by atoms with Gasteiger partial charge in [0.25, 0.3) is 0 Å². The van der Waals surface area contributed by atoms with Gasteiger partial charge in [0.1, 0.15) is 6.04 Å². The van der Waals surface area contributed by atoms with Gasteiger partial charge in [-0.05, 0) is 32.1 Å². The normalized spacial score (nSPS) is 36.4. The van der Waals surface area contributed by atoms with E-state index in [-0.39, 0.29) is 23.5 Å². The first-order valence-electron chi connectivity index (χ1n) is 6.13. The van der Waals surface area contributed by atoms with Gasteiger partial charge in [-0.15, -0.1) is 0 Å². The molecule has 1 saturated carbocycles. The Labute approximate surface area is 97.1 Å². The van der Waals surface area contributed by atoms with Gasteiger partial charge in [-0.1, -0.05) is 13.8 Å². The lowest BCUT2D eigenvalue weighted by Gasteiger charge is -2.25. The molecule has 0 spiro atoms. The fourth-order valence-corrected chi connectivity index (χ4v) is 2.93. The van der Waals surface area contributed by atoms with Crippen molar-refractivity contribution in [2.24, 2.45) is 11.3 Å². The van der Waals surface area contributed by atoms with Gasteiger partial charge in [0, 0.05) is 12.0 Å². The zero-order valence-corrected chi connectivity index (χ0v) is 10.5. The Morgan fingerprint density at radius 3 is 2.69 bits per heavy atom. The maximum Gasteiger partial charge on any atom is 0.325 e. The minimum atomic E-state index is -0.172. The molecule has 92 valence electrons. The fourth-order valence-electron chi connectivity index (χ4n) is 2.93. The maximum atomic E-state index is 11.9. The molecule has 2 N–H and O–H groups in total. The van der Waals surface area contributed by atoms with E-state index in [2.05, 4.69) is 24.7 Å². The maximum absolute atomic E-state index is 11.9. The van der Waals surface area contributed by atoms with Gasteiger partial charge < -0.3 is 4.74 Å². The fraction of sp³-hybridized carbons (Fsp3) is 0.917. The van der Waals surface area contributed by atoms with Gasteiger partial charge in [-0.2, -0.15) is 0 Å². The first kappa shape index (κ1) is 11.9. The number of hydrazine groups is 1. The highest BCUT2D eigenvalue weighted by atomic mass is 16.5. The topological polar surface area (TPSA) is 50.4 Å². The van der Waals surface area contributed by atoms with Crippen LogP contribution in [0, 0.1) is 11.3 Å². The quantitative estimate of drug-likeness (QED) is 0.695. The van der Waals surface area contributed by atoms with Gasteiger partial charge >= 0.3 is 5.97 Å². The molecule has 0 aromatic carbocycles. The molecule has 2 fully saturated rings. The Kier molecular flexibility index (Phi) is 2.97. The van der Waals surface area contributed by atoms with E-state index < -0.39 is 0 Å². The Balaban J connectivity index is 2.03. The zero-order chi connectivity index (χ0) is 11.9. The van der Waals surface area contributed by atoms with Crippen molar-refractivity contribution in [3.63, 3.8) is 0 Å². The van der Waals surface area contributed by atoms with Crippen LogP contribution in [0.1, 0.15) is 40.5 Å². The molecule has 0 aromatic rings. The lowest BCUT2D eigenvalue weighted by atomic mass is 9.84. The van der Waals surface area contributed by atoms with Crippen molar-refractivity contribution in [2.75, 3.05) is 0 Å². The van der Waals surface area contributed by atoms with Crippen LogP contribution in [-0.2, 0) is 9.53 Å². The Morgan fingerprint density at radius 2 is 2.06 bits per heavy atom. The van der Waals surface area contributed by atoms with Crippen LogP contribution in [0.25, 0.3) is 0 Å². The summed E-state index contributed by atoms with van der Waals surface area (Å²) in [5, 5.41) is 0. The standard InChI is InChI=1S/C12H22N2O2/c1-7(2)16-11(15)9-8-5-6-12(3,4)10(8)14-13-9/h7-10,13-14H,5-6H2,1-4H3. The molecule has 3 atom stereocenters. The number of esters is 1. The third-order valence-corrected chi connectivity index (χ3v) is 3.82. The Bertz CT molecular complexity index is 289. The second-order valence-corrected chi connectivity index (χ2v) is 5.92. The second kappa shape index (κ2) is 4.00. The monoisotopic (exact) mass is 226 g/mol. The summed E-state index contributed by atoms with van der Waals surface area (Å²) in [5.74, 6) is 0.258. The number of rotatable bonds is 2. The minimum absolute atomic E-state index is 0.0391. The van der Waals surface area contributed by atoms with Crippen LogP contribution >= 0.6 is 0 Å². The van der Waals surface area contributed by atoms with Crippen molar-refractivity contribution >= 4 is 5.97 Å². The van der Waals surface area contributed by atoms with Crippen molar-refractivity contribution in [3.8, 4) is 0 Å². The first-order chi connectivity index (χ1) is 7.42. The molecule has 1 aliphatic heterocycles. The second-order valence-electron chi connectivity index (χ2n) is 5.92. The van der Waals surface area contributed by atoms with E-state index in [1.165, 1.54) is 6.42 Å². The average molecular weight is 226 g/mol. The van der Waals surface area contributed by atoms with Crippen molar-refractivity contribution in [3.05, 3.63) is 0 Å². The minimum Gasteiger partial charge on any atom is -0.462 e. The molecule has 1 heterocycles. The van der Waals surface area contributed by atoms with Gasteiger partial charge in [-0.3, -0.25) is 10.2 Å².